The minimum Gasteiger partial charge on any atom is -0.481 e. The standard InChI is InChI=1S/C15H22ClNO3S/c1-9(2)11(4-5-12(18)19)6-7-17-15(20)14-13(16)10(3)8-21-14/h8-9,11H,4-7H2,1-3H3,(H,17,20)(H,18,19). The normalized spacial score (nSPS) is 12.4. The molecule has 1 rings (SSSR count). The molecule has 1 aromatic rings. The van der Waals surface area contributed by atoms with Gasteiger partial charge in [0.1, 0.15) is 4.88 Å². The minimum atomic E-state index is -0.773. The number of carbonyl (C=O) groups is 2. The van der Waals surface area contributed by atoms with Gasteiger partial charge in [0.2, 0.25) is 0 Å². The van der Waals surface area contributed by atoms with E-state index < -0.39 is 5.97 Å². The van der Waals surface area contributed by atoms with Crippen molar-refractivity contribution in [3.05, 3.63) is 20.8 Å². The Kier molecular flexibility index (Phi) is 7.18. The van der Waals surface area contributed by atoms with Crippen LogP contribution in [0.25, 0.3) is 0 Å². The van der Waals surface area contributed by atoms with Gasteiger partial charge < -0.3 is 10.4 Å². The molecule has 0 radical (unpaired) electrons. The van der Waals surface area contributed by atoms with Crippen molar-refractivity contribution >= 4 is 34.8 Å². The number of aliphatic carboxylic acids is 1. The van der Waals surface area contributed by atoms with E-state index in [2.05, 4.69) is 19.2 Å². The molecule has 0 fully saturated rings. The van der Waals surface area contributed by atoms with Crippen molar-refractivity contribution in [2.45, 2.75) is 40.0 Å². The molecule has 0 aliphatic heterocycles. The van der Waals surface area contributed by atoms with E-state index in [0.29, 0.717) is 34.7 Å². The van der Waals surface area contributed by atoms with Crippen LogP contribution in [-0.2, 0) is 4.79 Å². The number of carboxylic acids is 1. The third-order valence-electron chi connectivity index (χ3n) is 3.58. The fourth-order valence-electron chi connectivity index (χ4n) is 2.15. The Morgan fingerprint density at radius 1 is 1.38 bits per heavy atom. The van der Waals surface area contributed by atoms with Crippen molar-refractivity contribution in [3.8, 4) is 0 Å². The number of halogens is 1. The molecule has 0 aliphatic carbocycles. The highest BCUT2D eigenvalue weighted by molar-refractivity contribution is 7.13. The molecule has 0 saturated carbocycles. The summed E-state index contributed by atoms with van der Waals surface area (Å²) in [7, 11) is 0. The fourth-order valence-corrected chi connectivity index (χ4v) is 3.35. The first-order valence-corrected chi connectivity index (χ1v) is 8.32. The maximum Gasteiger partial charge on any atom is 0.303 e. The first-order chi connectivity index (χ1) is 9.82. The van der Waals surface area contributed by atoms with Crippen LogP contribution in [0.3, 0.4) is 0 Å². The van der Waals surface area contributed by atoms with Gasteiger partial charge in [-0.25, -0.2) is 0 Å². The minimum absolute atomic E-state index is 0.154. The van der Waals surface area contributed by atoms with Gasteiger partial charge in [-0.1, -0.05) is 25.4 Å². The highest BCUT2D eigenvalue weighted by Gasteiger charge is 2.17. The molecule has 0 aliphatic rings. The molecule has 1 unspecified atom stereocenters. The number of hydrogen-bond donors (Lipinski definition) is 2. The molecule has 1 aromatic heterocycles. The second-order valence-corrected chi connectivity index (χ2v) is 6.80. The Morgan fingerprint density at radius 3 is 2.52 bits per heavy atom. The number of carbonyl (C=O) groups excluding carboxylic acids is 1. The lowest BCUT2D eigenvalue weighted by molar-refractivity contribution is -0.137. The van der Waals surface area contributed by atoms with Crippen molar-refractivity contribution in [1.29, 1.82) is 0 Å². The van der Waals surface area contributed by atoms with Crippen molar-refractivity contribution in [2.75, 3.05) is 6.54 Å². The van der Waals surface area contributed by atoms with Crippen LogP contribution in [0.2, 0.25) is 5.02 Å². The Bertz CT molecular complexity index is 499. The summed E-state index contributed by atoms with van der Waals surface area (Å²) in [5.41, 5.74) is 0.910. The molecule has 0 saturated heterocycles. The smallest absolute Gasteiger partial charge is 0.303 e. The number of nitrogens with one attached hydrogen (secondary N) is 1. The first-order valence-electron chi connectivity index (χ1n) is 7.06. The third-order valence-corrected chi connectivity index (χ3v) is 5.27. The van der Waals surface area contributed by atoms with Crippen LogP contribution < -0.4 is 5.32 Å². The Labute approximate surface area is 134 Å². The molecule has 1 atom stereocenters. The van der Waals surface area contributed by atoms with Gasteiger partial charge >= 0.3 is 5.97 Å². The van der Waals surface area contributed by atoms with Crippen LogP contribution in [0.1, 0.15) is 48.3 Å². The van der Waals surface area contributed by atoms with E-state index in [-0.39, 0.29) is 12.3 Å². The van der Waals surface area contributed by atoms with Gasteiger partial charge in [-0.2, -0.15) is 0 Å². The van der Waals surface area contributed by atoms with Gasteiger partial charge in [0.05, 0.1) is 5.02 Å². The van der Waals surface area contributed by atoms with Crippen LogP contribution in [0.4, 0.5) is 0 Å². The van der Waals surface area contributed by atoms with Crippen LogP contribution in [0, 0.1) is 18.8 Å². The van der Waals surface area contributed by atoms with E-state index in [1.165, 1.54) is 11.3 Å². The summed E-state index contributed by atoms with van der Waals surface area (Å²) in [5, 5.41) is 14.0. The SMILES string of the molecule is Cc1csc(C(=O)NCCC(CCC(=O)O)C(C)C)c1Cl. The summed E-state index contributed by atoms with van der Waals surface area (Å²) in [4.78, 5) is 23.2. The number of carboxylic acid groups (broad SMARTS) is 1. The van der Waals surface area contributed by atoms with Crippen LogP contribution in [-0.4, -0.2) is 23.5 Å². The topological polar surface area (TPSA) is 66.4 Å². The quantitative estimate of drug-likeness (QED) is 0.757. The number of hydrogen-bond acceptors (Lipinski definition) is 3. The lowest BCUT2D eigenvalue weighted by Crippen LogP contribution is -2.26. The van der Waals surface area contributed by atoms with Gasteiger partial charge in [0, 0.05) is 13.0 Å². The van der Waals surface area contributed by atoms with Crippen LogP contribution >= 0.6 is 22.9 Å². The maximum atomic E-state index is 12.0. The molecule has 1 heterocycles. The molecule has 0 spiro atoms. The molecule has 0 aromatic carbocycles. The third kappa shape index (κ3) is 5.67. The monoisotopic (exact) mass is 331 g/mol. The number of aryl methyl sites for hydroxylation is 1. The number of thiophene rings is 1. The summed E-state index contributed by atoms with van der Waals surface area (Å²) in [6.07, 6.45) is 1.59. The predicted octanol–water partition coefficient (Wildman–Crippen LogP) is 3.97. The van der Waals surface area contributed by atoms with Crippen LogP contribution in [0.15, 0.2) is 5.38 Å². The number of amides is 1. The Hall–Kier alpha value is -1.07. The lowest BCUT2D eigenvalue weighted by atomic mass is 9.88. The molecular weight excluding hydrogens is 310 g/mol. The van der Waals surface area contributed by atoms with Crippen molar-refractivity contribution in [1.82, 2.24) is 5.32 Å². The summed E-state index contributed by atoms with van der Waals surface area (Å²) in [6.45, 7) is 6.56. The largest absolute Gasteiger partial charge is 0.481 e. The summed E-state index contributed by atoms with van der Waals surface area (Å²) in [5.74, 6) is -0.236. The van der Waals surface area contributed by atoms with E-state index in [9.17, 15) is 9.59 Å². The molecule has 4 nitrogen and oxygen atoms in total. The van der Waals surface area contributed by atoms with Gasteiger partial charge in [-0.15, -0.1) is 11.3 Å². The molecule has 21 heavy (non-hydrogen) atoms. The summed E-state index contributed by atoms with van der Waals surface area (Å²) >= 11 is 7.41. The second-order valence-electron chi connectivity index (χ2n) is 5.54. The highest BCUT2D eigenvalue weighted by Crippen LogP contribution is 2.27. The zero-order valence-corrected chi connectivity index (χ0v) is 14.2. The van der Waals surface area contributed by atoms with E-state index in [4.69, 9.17) is 16.7 Å². The average molecular weight is 332 g/mol. The van der Waals surface area contributed by atoms with Gasteiger partial charge in [-0.3, -0.25) is 9.59 Å². The number of rotatable bonds is 8. The molecule has 118 valence electrons. The zero-order chi connectivity index (χ0) is 16.0. The van der Waals surface area contributed by atoms with Gasteiger partial charge in [0.25, 0.3) is 5.91 Å². The second kappa shape index (κ2) is 8.39. The first kappa shape index (κ1) is 18.0. The fraction of sp³-hybridized carbons (Fsp3) is 0.600. The predicted molar refractivity (Wildman–Crippen MR) is 86.2 cm³/mol. The maximum absolute atomic E-state index is 12.0. The van der Waals surface area contributed by atoms with Crippen molar-refractivity contribution in [3.63, 3.8) is 0 Å². The lowest BCUT2D eigenvalue weighted by Gasteiger charge is -2.20. The van der Waals surface area contributed by atoms with Crippen molar-refractivity contribution in [2.24, 2.45) is 11.8 Å². The van der Waals surface area contributed by atoms with Gasteiger partial charge in [-0.05, 0) is 42.5 Å². The van der Waals surface area contributed by atoms with E-state index in [0.717, 1.165) is 12.0 Å². The molecule has 0 bridgehead atoms. The van der Waals surface area contributed by atoms with E-state index in [1.807, 2.05) is 12.3 Å². The van der Waals surface area contributed by atoms with Gasteiger partial charge in [0.15, 0.2) is 0 Å². The van der Waals surface area contributed by atoms with E-state index in [1.54, 1.807) is 0 Å². The Balaban J connectivity index is 2.45. The zero-order valence-electron chi connectivity index (χ0n) is 12.6. The van der Waals surface area contributed by atoms with E-state index >= 15 is 0 Å². The van der Waals surface area contributed by atoms with Crippen molar-refractivity contribution < 1.29 is 14.7 Å². The molecule has 2 N–H and O–H groups in total. The highest BCUT2D eigenvalue weighted by atomic mass is 35.5. The Morgan fingerprint density at radius 2 is 2.05 bits per heavy atom. The summed E-state index contributed by atoms with van der Waals surface area (Å²) in [6, 6.07) is 0. The molecule has 6 heteroatoms. The molecular formula is C15H22ClNO3S. The summed E-state index contributed by atoms with van der Waals surface area (Å²) < 4.78 is 0. The average Bonchev–Trinajstić information content (AvgIpc) is 2.73. The van der Waals surface area contributed by atoms with Crippen LogP contribution in [0.5, 0.6) is 0 Å². The molecule has 1 amide bonds.